The fourth-order valence-electron chi connectivity index (χ4n) is 5.10. The van der Waals surface area contributed by atoms with Crippen molar-refractivity contribution in [3.05, 3.63) is 59.2 Å². The van der Waals surface area contributed by atoms with Crippen molar-refractivity contribution in [3.63, 3.8) is 0 Å². The van der Waals surface area contributed by atoms with Crippen LogP contribution in [-0.2, 0) is 20.9 Å². The molecule has 0 spiro atoms. The molecule has 2 atom stereocenters. The average Bonchev–Trinajstić information content (AvgIpc) is 3.22. The van der Waals surface area contributed by atoms with Gasteiger partial charge in [0, 0.05) is 56.4 Å². The van der Waals surface area contributed by atoms with E-state index in [1.54, 1.807) is 15.9 Å². The Morgan fingerprint density at radius 3 is 2.58 bits per heavy atom. The molecule has 1 unspecified atom stereocenters. The number of hydrogen-bond acceptors (Lipinski definition) is 7. The second-order valence-electron chi connectivity index (χ2n) is 9.76. The van der Waals surface area contributed by atoms with Crippen molar-refractivity contribution >= 4 is 41.7 Å². The molecule has 0 aliphatic carbocycles. The van der Waals surface area contributed by atoms with Gasteiger partial charge in [0.2, 0.25) is 11.8 Å². The summed E-state index contributed by atoms with van der Waals surface area (Å²) in [4.78, 5) is 54.9. The Hall–Kier alpha value is -3.63. The summed E-state index contributed by atoms with van der Waals surface area (Å²) in [5.41, 5.74) is 9.31. The molecule has 4 amide bonds. The number of anilines is 1. The maximum absolute atomic E-state index is 12.9. The van der Waals surface area contributed by atoms with Crippen molar-refractivity contribution < 1.29 is 23.9 Å². The zero-order valence-corrected chi connectivity index (χ0v) is 22.0. The molecule has 0 radical (unpaired) electrons. The first-order valence-electron chi connectivity index (χ1n) is 12.6. The molecule has 0 saturated carbocycles. The normalized spacial score (nSPS) is 20.0. The number of carbonyl (C=O) groups excluding carboxylic acids is 4. The highest BCUT2D eigenvalue weighted by Crippen LogP contribution is 2.31. The maximum atomic E-state index is 12.9. The van der Waals surface area contributed by atoms with Crippen LogP contribution < -0.4 is 20.7 Å². The number of fused-ring (bicyclic) bond motifs is 1. The molecule has 2 aromatic rings. The summed E-state index contributed by atoms with van der Waals surface area (Å²) in [5, 5.41) is 2.33. The minimum atomic E-state index is -0.626. The van der Waals surface area contributed by atoms with Crippen LogP contribution in [0.3, 0.4) is 0 Å². The fourth-order valence-corrected chi connectivity index (χ4v) is 5.10. The Bertz CT molecular complexity index is 1240. The van der Waals surface area contributed by atoms with Crippen LogP contribution in [0.25, 0.3) is 0 Å². The molecule has 10 nitrogen and oxygen atoms in total. The second-order valence-corrected chi connectivity index (χ2v) is 9.76. The van der Waals surface area contributed by atoms with E-state index >= 15 is 0 Å². The summed E-state index contributed by atoms with van der Waals surface area (Å²) in [6.45, 7) is 4.68. The van der Waals surface area contributed by atoms with E-state index in [9.17, 15) is 19.2 Å². The number of imide groups is 1. The van der Waals surface area contributed by atoms with Gasteiger partial charge in [-0.2, -0.15) is 0 Å². The molecule has 3 aliphatic rings. The van der Waals surface area contributed by atoms with E-state index in [0.29, 0.717) is 50.5 Å². The van der Waals surface area contributed by atoms with Gasteiger partial charge >= 0.3 is 0 Å². The molecule has 0 aromatic heterocycles. The lowest BCUT2D eigenvalue weighted by atomic mass is 10.0. The number of benzene rings is 2. The Labute approximate surface area is 227 Å². The van der Waals surface area contributed by atoms with Crippen LogP contribution in [0.1, 0.15) is 47.3 Å². The van der Waals surface area contributed by atoms with Crippen molar-refractivity contribution in [1.82, 2.24) is 15.1 Å². The smallest absolute Gasteiger partial charge is 0.260 e. The van der Waals surface area contributed by atoms with E-state index in [0.717, 1.165) is 16.8 Å². The zero-order chi connectivity index (χ0) is 26.1. The molecule has 38 heavy (non-hydrogen) atoms. The molecule has 11 heteroatoms. The summed E-state index contributed by atoms with van der Waals surface area (Å²) in [6, 6.07) is 12.4. The largest absolute Gasteiger partial charge is 0.484 e. The number of halogens is 1. The lowest BCUT2D eigenvalue weighted by Crippen LogP contribution is -2.52. The van der Waals surface area contributed by atoms with E-state index in [1.165, 1.54) is 0 Å². The number of nitrogens with zero attached hydrogens (tertiary/aromatic N) is 3. The summed E-state index contributed by atoms with van der Waals surface area (Å²) in [6.07, 6.45) is 0.573. The van der Waals surface area contributed by atoms with Crippen molar-refractivity contribution in [2.24, 2.45) is 5.73 Å². The average molecular weight is 542 g/mol. The van der Waals surface area contributed by atoms with E-state index < -0.39 is 11.9 Å². The van der Waals surface area contributed by atoms with Crippen LogP contribution in [-0.4, -0.2) is 72.3 Å². The van der Waals surface area contributed by atoms with Crippen molar-refractivity contribution in [3.8, 4) is 5.75 Å². The predicted octanol–water partition coefficient (Wildman–Crippen LogP) is 1.62. The SMILES string of the molecule is C[C@@H](N)c1cccc(OCC(=O)N2CCN(c3ccc4c(c3)CN(C3CCC(=O)NC3=O)C4=O)CC2)c1.Cl. The van der Waals surface area contributed by atoms with E-state index in [-0.39, 0.29) is 49.2 Å². The van der Waals surface area contributed by atoms with Gasteiger partial charge < -0.3 is 25.2 Å². The molecule has 3 N–H and O–H groups in total. The molecule has 3 heterocycles. The zero-order valence-electron chi connectivity index (χ0n) is 21.2. The van der Waals surface area contributed by atoms with Crippen LogP contribution in [0.15, 0.2) is 42.5 Å². The third kappa shape index (κ3) is 5.61. The van der Waals surface area contributed by atoms with Gasteiger partial charge in [-0.25, -0.2) is 0 Å². The van der Waals surface area contributed by atoms with E-state index in [1.807, 2.05) is 43.3 Å². The Morgan fingerprint density at radius 1 is 1.11 bits per heavy atom. The highest BCUT2D eigenvalue weighted by atomic mass is 35.5. The monoisotopic (exact) mass is 541 g/mol. The first-order valence-corrected chi connectivity index (χ1v) is 12.6. The molecular formula is C27H32ClN5O5. The van der Waals surface area contributed by atoms with Crippen molar-refractivity contribution in [2.75, 3.05) is 37.7 Å². The highest BCUT2D eigenvalue weighted by molar-refractivity contribution is 6.05. The minimum Gasteiger partial charge on any atom is -0.484 e. The van der Waals surface area contributed by atoms with Gasteiger partial charge in [-0.15, -0.1) is 12.4 Å². The van der Waals surface area contributed by atoms with Gasteiger partial charge in [0.1, 0.15) is 11.8 Å². The van der Waals surface area contributed by atoms with E-state index in [4.69, 9.17) is 10.5 Å². The number of nitrogens with one attached hydrogen (secondary N) is 1. The van der Waals surface area contributed by atoms with Gasteiger partial charge in [0.15, 0.2) is 6.61 Å². The van der Waals surface area contributed by atoms with Gasteiger partial charge in [-0.1, -0.05) is 12.1 Å². The summed E-state index contributed by atoms with van der Waals surface area (Å²) in [5.74, 6) is -0.333. The lowest BCUT2D eigenvalue weighted by molar-refractivity contribution is -0.137. The molecule has 2 saturated heterocycles. The first-order chi connectivity index (χ1) is 17.8. The van der Waals surface area contributed by atoms with Crippen LogP contribution in [0.4, 0.5) is 5.69 Å². The van der Waals surface area contributed by atoms with Gasteiger partial charge in [-0.3, -0.25) is 24.5 Å². The van der Waals surface area contributed by atoms with Crippen LogP contribution in [0, 0.1) is 0 Å². The standard InChI is InChI=1S/C27H31N5O5.ClH/c1-17(28)18-3-2-4-21(14-18)37-16-25(34)31-11-9-30(10-12-31)20-5-6-22-19(13-20)15-32(27(22)36)23-7-8-24(33)29-26(23)35;/h2-6,13-14,17,23H,7-12,15-16,28H2,1H3,(H,29,33,35);1H/t17-,23?;/m1./s1. The quantitative estimate of drug-likeness (QED) is 0.532. The lowest BCUT2D eigenvalue weighted by Gasteiger charge is -2.36. The third-order valence-electron chi connectivity index (χ3n) is 7.25. The number of nitrogens with two attached hydrogens (primary N) is 1. The molecule has 202 valence electrons. The Morgan fingerprint density at radius 2 is 1.87 bits per heavy atom. The van der Waals surface area contributed by atoms with Crippen LogP contribution >= 0.6 is 12.4 Å². The number of piperazine rings is 1. The molecule has 2 aromatic carbocycles. The Kier molecular flexibility index (Phi) is 8.23. The minimum absolute atomic E-state index is 0. The summed E-state index contributed by atoms with van der Waals surface area (Å²) in [7, 11) is 0. The number of carbonyl (C=O) groups is 4. The van der Waals surface area contributed by atoms with Crippen molar-refractivity contribution in [1.29, 1.82) is 0 Å². The number of rotatable bonds is 6. The number of piperidine rings is 1. The maximum Gasteiger partial charge on any atom is 0.260 e. The topological polar surface area (TPSA) is 125 Å². The van der Waals surface area contributed by atoms with Crippen LogP contribution in [0.2, 0.25) is 0 Å². The molecule has 2 fully saturated rings. The fraction of sp³-hybridized carbons (Fsp3) is 0.407. The molecule has 3 aliphatic heterocycles. The molecular weight excluding hydrogens is 510 g/mol. The highest BCUT2D eigenvalue weighted by Gasteiger charge is 2.39. The van der Waals surface area contributed by atoms with Gasteiger partial charge in [0.25, 0.3) is 11.8 Å². The predicted molar refractivity (Wildman–Crippen MR) is 143 cm³/mol. The third-order valence-corrected chi connectivity index (χ3v) is 7.25. The summed E-state index contributed by atoms with van der Waals surface area (Å²) >= 11 is 0. The van der Waals surface area contributed by atoms with Gasteiger partial charge in [0.05, 0.1) is 0 Å². The number of hydrogen-bond donors (Lipinski definition) is 2. The second kappa shape index (κ2) is 11.4. The Balaban J connectivity index is 0.00000336. The van der Waals surface area contributed by atoms with Crippen molar-refractivity contribution in [2.45, 2.75) is 38.4 Å². The first kappa shape index (κ1) is 27.4. The number of amides is 4. The van der Waals surface area contributed by atoms with Gasteiger partial charge in [-0.05, 0) is 54.8 Å². The van der Waals surface area contributed by atoms with Crippen LogP contribution in [0.5, 0.6) is 5.75 Å². The molecule has 0 bridgehead atoms. The summed E-state index contributed by atoms with van der Waals surface area (Å²) < 4.78 is 5.71. The van der Waals surface area contributed by atoms with E-state index in [2.05, 4.69) is 10.2 Å². The number of ether oxygens (including phenoxy) is 1. The molecule has 5 rings (SSSR count).